The fourth-order valence-corrected chi connectivity index (χ4v) is 1.55. The van der Waals surface area contributed by atoms with Crippen LogP contribution in [0.25, 0.3) is 0 Å². The van der Waals surface area contributed by atoms with Gasteiger partial charge in [0.25, 0.3) is 0 Å². The van der Waals surface area contributed by atoms with Crippen LogP contribution in [0.2, 0.25) is 0 Å². The molecule has 0 aliphatic heterocycles. The summed E-state index contributed by atoms with van der Waals surface area (Å²) < 4.78 is 0. The van der Waals surface area contributed by atoms with Crippen molar-refractivity contribution >= 4 is 11.8 Å². The molecule has 0 bridgehead atoms. The highest BCUT2D eigenvalue weighted by molar-refractivity contribution is 5.86. The first kappa shape index (κ1) is 13.2. The second-order valence-corrected chi connectivity index (χ2v) is 3.84. The summed E-state index contributed by atoms with van der Waals surface area (Å²) in [4.78, 5) is 22.0. The van der Waals surface area contributed by atoms with Gasteiger partial charge in [-0.15, -0.1) is 0 Å². The van der Waals surface area contributed by atoms with Crippen molar-refractivity contribution in [2.24, 2.45) is 5.73 Å². The van der Waals surface area contributed by atoms with Crippen molar-refractivity contribution in [3.8, 4) is 0 Å². The molecule has 1 rings (SSSR count). The summed E-state index contributed by atoms with van der Waals surface area (Å²) in [5.41, 5.74) is 6.00. The average molecular weight is 236 g/mol. The number of benzene rings is 1. The molecule has 0 radical (unpaired) electrons. The largest absolute Gasteiger partial charge is 0.390 e. The van der Waals surface area contributed by atoms with Crippen molar-refractivity contribution < 1.29 is 14.7 Å². The standard InChI is InChI=1S/C12H16N2O3/c1-8(15)14-11(12(13)17)10(16)7-9-5-3-2-4-6-9/h2-6,10-11,16H,7H2,1H3,(H2,13,17)(H,14,15). The van der Waals surface area contributed by atoms with Crippen molar-refractivity contribution in [3.63, 3.8) is 0 Å². The molecule has 2 amide bonds. The van der Waals surface area contributed by atoms with Crippen LogP contribution in [0.3, 0.4) is 0 Å². The molecule has 0 aliphatic carbocycles. The minimum atomic E-state index is -1.06. The predicted molar refractivity (Wildman–Crippen MR) is 63.0 cm³/mol. The number of hydrogen-bond acceptors (Lipinski definition) is 3. The van der Waals surface area contributed by atoms with Crippen LogP contribution in [0.1, 0.15) is 12.5 Å². The van der Waals surface area contributed by atoms with Crippen molar-refractivity contribution in [1.82, 2.24) is 5.32 Å². The molecular weight excluding hydrogens is 220 g/mol. The molecular formula is C12H16N2O3. The molecule has 0 spiro atoms. The van der Waals surface area contributed by atoms with Crippen LogP contribution in [0.15, 0.2) is 30.3 Å². The molecule has 17 heavy (non-hydrogen) atoms. The first-order valence-electron chi connectivity index (χ1n) is 5.29. The van der Waals surface area contributed by atoms with Crippen LogP contribution in [-0.2, 0) is 16.0 Å². The molecule has 0 saturated carbocycles. The number of carbonyl (C=O) groups is 2. The van der Waals surface area contributed by atoms with E-state index in [1.807, 2.05) is 30.3 Å². The molecule has 92 valence electrons. The Morgan fingerprint density at radius 2 is 1.94 bits per heavy atom. The maximum atomic E-state index is 11.1. The lowest BCUT2D eigenvalue weighted by atomic mass is 10.0. The molecule has 0 aliphatic rings. The highest BCUT2D eigenvalue weighted by Crippen LogP contribution is 2.06. The highest BCUT2D eigenvalue weighted by Gasteiger charge is 2.25. The first-order valence-corrected chi connectivity index (χ1v) is 5.29. The van der Waals surface area contributed by atoms with Gasteiger partial charge in [-0.3, -0.25) is 9.59 Å². The van der Waals surface area contributed by atoms with E-state index in [1.165, 1.54) is 6.92 Å². The Bertz CT molecular complexity index is 392. The van der Waals surface area contributed by atoms with E-state index < -0.39 is 24.0 Å². The molecule has 2 atom stereocenters. The maximum absolute atomic E-state index is 11.1. The van der Waals surface area contributed by atoms with Gasteiger partial charge in [-0.25, -0.2) is 0 Å². The third-order valence-electron chi connectivity index (χ3n) is 2.34. The van der Waals surface area contributed by atoms with Gasteiger partial charge in [-0.05, 0) is 5.56 Å². The second-order valence-electron chi connectivity index (χ2n) is 3.84. The molecule has 4 N–H and O–H groups in total. The van der Waals surface area contributed by atoms with Crippen molar-refractivity contribution in [2.75, 3.05) is 0 Å². The Kier molecular flexibility index (Phi) is 4.66. The average Bonchev–Trinajstić information content (AvgIpc) is 2.26. The van der Waals surface area contributed by atoms with E-state index in [-0.39, 0.29) is 6.42 Å². The van der Waals surface area contributed by atoms with Crippen molar-refractivity contribution in [2.45, 2.75) is 25.5 Å². The van der Waals surface area contributed by atoms with Crippen LogP contribution >= 0.6 is 0 Å². The van der Waals surface area contributed by atoms with Gasteiger partial charge >= 0.3 is 0 Å². The fraction of sp³-hybridized carbons (Fsp3) is 0.333. The SMILES string of the molecule is CC(=O)NC(C(N)=O)C(O)Cc1ccccc1. The van der Waals surface area contributed by atoms with Gasteiger partial charge in [0.15, 0.2) is 0 Å². The summed E-state index contributed by atoms with van der Waals surface area (Å²) >= 11 is 0. The molecule has 1 aromatic carbocycles. The molecule has 0 aromatic heterocycles. The van der Waals surface area contributed by atoms with Crippen LogP contribution in [0.5, 0.6) is 0 Å². The maximum Gasteiger partial charge on any atom is 0.242 e. The topological polar surface area (TPSA) is 92.4 Å². The van der Waals surface area contributed by atoms with Gasteiger partial charge in [0, 0.05) is 13.3 Å². The smallest absolute Gasteiger partial charge is 0.242 e. The predicted octanol–water partition coefficient (Wildman–Crippen LogP) is -0.420. The Balaban J connectivity index is 2.68. The lowest BCUT2D eigenvalue weighted by Crippen LogP contribution is -2.51. The number of aliphatic hydroxyl groups excluding tert-OH is 1. The highest BCUT2D eigenvalue weighted by atomic mass is 16.3. The quantitative estimate of drug-likeness (QED) is 0.648. The Labute approximate surface area is 99.6 Å². The van der Waals surface area contributed by atoms with E-state index in [0.29, 0.717) is 0 Å². The number of carbonyl (C=O) groups excluding carboxylic acids is 2. The number of primary amides is 1. The zero-order valence-corrected chi connectivity index (χ0v) is 9.59. The monoisotopic (exact) mass is 236 g/mol. The number of aliphatic hydroxyl groups is 1. The molecule has 0 heterocycles. The summed E-state index contributed by atoms with van der Waals surface area (Å²) in [7, 11) is 0. The summed E-state index contributed by atoms with van der Waals surface area (Å²) in [5.74, 6) is -1.15. The molecule has 5 nitrogen and oxygen atoms in total. The number of hydrogen-bond donors (Lipinski definition) is 3. The lowest BCUT2D eigenvalue weighted by molar-refractivity contribution is -0.128. The van der Waals surface area contributed by atoms with E-state index in [1.54, 1.807) is 0 Å². The van der Waals surface area contributed by atoms with E-state index in [2.05, 4.69) is 5.32 Å². The van der Waals surface area contributed by atoms with E-state index in [4.69, 9.17) is 5.73 Å². The molecule has 1 aromatic rings. The van der Waals surface area contributed by atoms with Crippen molar-refractivity contribution in [3.05, 3.63) is 35.9 Å². The molecule has 2 unspecified atom stereocenters. The molecule has 5 heteroatoms. The van der Waals surface area contributed by atoms with Crippen LogP contribution in [0, 0.1) is 0 Å². The summed E-state index contributed by atoms with van der Waals surface area (Å²) in [6.45, 7) is 1.27. The Morgan fingerprint density at radius 3 is 2.41 bits per heavy atom. The number of rotatable bonds is 5. The lowest BCUT2D eigenvalue weighted by Gasteiger charge is -2.20. The number of nitrogens with two attached hydrogens (primary N) is 1. The summed E-state index contributed by atoms with van der Waals surface area (Å²) in [6, 6.07) is 8.12. The summed E-state index contributed by atoms with van der Waals surface area (Å²) in [5, 5.41) is 12.2. The van der Waals surface area contributed by atoms with E-state index in [9.17, 15) is 14.7 Å². The molecule has 0 fully saturated rings. The van der Waals surface area contributed by atoms with E-state index in [0.717, 1.165) is 5.56 Å². The van der Waals surface area contributed by atoms with Crippen LogP contribution in [-0.4, -0.2) is 29.1 Å². The Morgan fingerprint density at radius 1 is 1.35 bits per heavy atom. The van der Waals surface area contributed by atoms with Crippen LogP contribution in [0.4, 0.5) is 0 Å². The minimum absolute atomic E-state index is 0.259. The van der Waals surface area contributed by atoms with Gasteiger partial charge in [-0.1, -0.05) is 30.3 Å². The van der Waals surface area contributed by atoms with Crippen molar-refractivity contribution in [1.29, 1.82) is 0 Å². The van der Waals surface area contributed by atoms with Gasteiger partial charge in [0.05, 0.1) is 6.10 Å². The van der Waals surface area contributed by atoms with Gasteiger partial charge in [0.1, 0.15) is 6.04 Å². The van der Waals surface area contributed by atoms with Gasteiger partial charge < -0.3 is 16.2 Å². The van der Waals surface area contributed by atoms with Gasteiger partial charge in [-0.2, -0.15) is 0 Å². The zero-order valence-electron chi connectivity index (χ0n) is 9.59. The fourth-order valence-electron chi connectivity index (χ4n) is 1.55. The Hall–Kier alpha value is -1.88. The minimum Gasteiger partial charge on any atom is -0.390 e. The molecule has 0 saturated heterocycles. The summed E-state index contributed by atoms with van der Waals surface area (Å²) in [6.07, 6.45) is -0.770. The normalized spacial score (nSPS) is 13.8. The zero-order chi connectivity index (χ0) is 12.8. The second kappa shape index (κ2) is 6.00. The third kappa shape index (κ3) is 4.24. The van der Waals surface area contributed by atoms with E-state index >= 15 is 0 Å². The number of amides is 2. The van der Waals surface area contributed by atoms with Gasteiger partial charge in [0.2, 0.25) is 11.8 Å². The van der Waals surface area contributed by atoms with Crippen LogP contribution < -0.4 is 11.1 Å². The third-order valence-corrected chi connectivity index (χ3v) is 2.34. The number of nitrogens with one attached hydrogen (secondary N) is 1. The first-order chi connectivity index (χ1) is 8.00.